The van der Waals surface area contributed by atoms with E-state index in [1.165, 1.54) is 95.5 Å². The molecule has 0 spiro atoms. The fourth-order valence-electron chi connectivity index (χ4n) is 6.37. The Labute approximate surface area is 241 Å². The van der Waals surface area contributed by atoms with E-state index in [1.54, 1.807) is 7.11 Å². The van der Waals surface area contributed by atoms with Crippen LogP contribution in [-0.2, 0) is 9.53 Å². The molecule has 224 valence electrons. The van der Waals surface area contributed by atoms with Gasteiger partial charge in [0.25, 0.3) is 0 Å². The smallest absolute Gasteiger partial charge is 0.306 e. The topological polar surface area (TPSA) is 38.8 Å². The maximum atomic E-state index is 13.1. The van der Waals surface area contributed by atoms with Gasteiger partial charge in [-0.15, -0.1) is 0 Å². The molecule has 2 rings (SSSR count). The second kappa shape index (κ2) is 20.3. The summed E-state index contributed by atoms with van der Waals surface area (Å²) in [6.07, 6.45) is 26.0. The number of methoxy groups -OCH3 is 1. The average molecular weight is 544 g/mol. The van der Waals surface area contributed by atoms with Crippen molar-refractivity contribution in [3.05, 3.63) is 29.8 Å². The van der Waals surface area contributed by atoms with Gasteiger partial charge in [0, 0.05) is 18.9 Å². The first-order chi connectivity index (χ1) is 19.0. The van der Waals surface area contributed by atoms with Crippen LogP contribution in [-0.4, -0.2) is 44.2 Å². The summed E-state index contributed by atoms with van der Waals surface area (Å²) in [6.45, 7) is 3.16. The fourth-order valence-corrected chi connectivity index (χ4v) is 6.37. The van der Waals surface area contributed by atoms with Gasteiger partial charge in [0.05, 0.1) is 7.11 Å². The highest BCUT2D eigenvalue weighted by atomic mass is 16.6. The number of hydrogen-bond donors (Lipinski definition) is 0. The molecule has 1 aromatic rings. The minimum atomic E-state index is -0.399. The van der Waals surface area contributed by atoms with Crippen LogP contribution in [0.3, 0.4) is 0 Å². The average Bonchev–Trinajstić information content (AvgIpc) is 2.94. The molecule has 0 aliphatic heterocycles. The summed E-state index contributed by atoms with van der Waals surface area (Å²) in [4.78, 5) is 15.3. The molecule has 1 aromatic carbocycles. The predicted molar refractivity (Wildman–Crippen MR) is 166 cm³/mol. The van der Waals surface area contributed by atoms with Crippen molar-refractivity contribution in [1.29, 1.82) is 0 Å². The Morgan fingerprint density at radius 1 is 0.769 bits per heavy atom. The zero-order valence-electron chi connectivity index (χ0n) is 26.1. The summed E-state index contributed by atoms with van der Waals surface area (Å²) in [7, 11) is 5.93. The van der Waals surface area contributed by atoms with Crippen LogP contribution in [0.2, 0.25) is 0 Å². The van der Waals surface area contributed by atoms with Crippen molar-refractivity contribution in [3.63, 3.8) is 0 Å². The lowest BCUT2D eigenvalue weighted by molar-refractivity contribution is -0.167. The monoisotopic (exact) mass is 543 g/mol. The molecule has 1 aliphatic rings. The molecular weight excluding hydrogens is 482 g/mol. The number of esters is 1. The van der Waals surface area contributed by atoms with Crippen molar-refractivity contribution in [2.45, 2.75) is 153 Å². The molecule has 0 bridgehead atoms. The summed E-state index contributed by atoms with van der Waals surface area (Å²) >= 11 is 0. The number of unbranched alkanes of at least 4 members (excludes halogenated alkanes) is 14. The second-order valence-corrected chi connectivity index (χ2v) is 12.4. The van der Waals surface area contributed by atoms with Crippen LogP contribution in [0.25, 0.3) is 0 Å². The fraction of sp³-hybridized carbons (Fsp3) is 0.800. The molecule has 0 N–H and O–H groups in total. The number of nitrogens with zero attached hydrogens (tertiary/aromatic N) is 1. The van der Waals surface area contributed by atoms with Gasteiger partial charge in [-0.25, -0.2) is 0 Å². The van der Waals surface area contributed by atoms with Crippen molar-refractivity contribution in [2.75, 3.05) is 27.7 Å². The van der Waals surface area contributed by atoms with E-state index in [2.05, 4.69) is 38.1 Å². The molecule has 0 heterocycles. The number of ether oxygens (including phenoxy) is 2. The maximum absolute atomic E-state index is 13.1. The van der Waals surface area contributed by atoms with E-state index in [1.807, 2.05) is 12.1 Å². The molecule has 1 unspecified atom stereocenters. The van der Waals surface area contributed by atoms with E-state index in [0.717, 1.165) is 50.8 Å². The van der Waals surface area contributed by atoms with E-state index in [9.17, 15) is 4.79 Å². The largest absolute Gasteiger partial charge is 0.497 e. The van der Waals surface area contributed by atoms with Crippen molar-refractivity contribution >= 4 is 5.97 Å². The van der Waals surface area contributed by atoms with E-state index in [-0.39, 0.29) is 11.9 Å². The first-order valence-corrected chi connectivity index (χ1v) is 16.5. The minimum absolute atomic E-state index is 0.00358. The lowest BCUT2D eigenvalue weighted by Gasteiger charge is -2.44. The molecular formula is C35H61NO3. The molecule has 1 aliphatic carbocycles. The third-order valence-electron chi connectivity index (χ3n) is 8.70. The van der Waals surface area contributed by atoms with E-state index in [0.29, 0.717) is 6.42 Å². The van der Waals surface area contributed by atoms with Gasteiger partial charge in [-0.3, -0.25) is 4.79 Å². The van der Waals surface area contributed by atoms with Gasteiger partial charge in [0.1, 0.15) is 11.4 Å². The standard InChI is InChI=1S/C35H61NO3/c1-5-6-7-8-9-10-11-12-13-14-15-16-17-18-20-23-34(37)39-35(28-21-19-22-29-35)33(30-36(2)3)31-24-26-32(38-4)27-25-31/h24-27,33H,5-23,28-30H2,1-4H3. The first kappa shape index (κ1) is 33.7. The highest BCUT2D eigenvalue weighted by Gasteiger charge is 2.44. The number of hydrogen-bond acceptors (Lipinski definition) is 4. The SMILES string of the molecule is CCCCCCCCCCCCCCCCCC(=O)OC1(C(CN(C)C)c2ccc(OC)cc2)CCCCC1. The molecule has 1 fully saturated rings. The van der Waals surface area contributed by atoms with Crippen LogP contribution in [0.5, 0.6) is 5.75 Å². The van der Waals surface area contributed by atoms with E-state index < -0.39 is 5.60 Å². The molecule has 0 amide bonds. The van der Waals surface area contributed by atoms with Gasteiger partial charge < -0.3 is 14.4 Å². The molecule has 0 saturated heterocycles. The van der Waals surface area contributed by atoms with Crippen molar-refractivity contribution in [2.24, 2.45) is 0 Å². The minimum Gasteiger partial charge on any atom is -0.497 e. The van der Waals surface area contributed by atoms with Crippen LogP contribution in [0.15, 0.2) is 24.3 Å². The number of carbonyl (C=O) groups is 1. The molecule has 4 nitrogen and oxygen atoms in total. The highest BCUT2D eigenvalue weighted by Crippen LogP contribution is 2.44. The Balaban J connectivity index is 1.69. The molecule has 39 heavy (non-hydrogen) atoms. The second-order valence-electron chi connectivity index (χ2n) is 12.4. The van der Waals surface area contributed by atoms with Crippen LogP contribution >= 0.6 is 0 Å². The maximum Gasteiger partial charge on any atom is 0.306 e. The summed E-state index contributed by atoms with van der Waals surface area (Å²) in [5, 5.41) is 0. The summed E-state index contributed by atoms with van der Waals surface area (Å²) in [5.41, 5.74) is 0.843. The number of benzene rings is 1. The van der Waals surface area contributed by atoms with Crippen LogP contribution < -0.4 is 4.74 Å². The lowest BCUT2D eigenvalue weighted by Crippen LogP contribution is -2.46. The zero-order valence-corrected chi connectivity index (χ0v) is 26.1. The normalized spacial score (nSPS) is 15.8. The summed E-state index contributed by atoms with van der Waals surface area (Å²) < 4.78 is 11.9. The van der Waals surface area contributed by atoms with Crippen molar-refractivity contribution in [3.8, 4) is 5.75 Å². The van der Waals surface area contributed by atoms with Gasteiger partial charge in [-0.05, 0) is 63.9 Å². The first-order valence-electron chi connectivity index (χ1n) is 16.5. The van der Waals surface area contributed by atoms with Crippen molar-refractivity contribution in [1.82, 2.24) is 4.90 Å². The van der Waals surface area contributed by atoms with Crippen LogP contribution in [0.1, 0.15) is 153 Å². The Morgan fingerprint density at radius 2 is 1.26 bits per heavy atom. The van der Waals surface area contributed by atoms with Crippen molar-refractivity contribution < 1.29 is 14.3 Å². The lowest BCUT2D eigenvalue weighted by atomic mass is 9.72. The van der Waals surface area contributed by atoms with Gasteiger partial charge in [-0.1, -0.05) is 115 Å². The third-order valence-corrected chi connectivity index (χ3v) is 8.70. The van der Waals surface area contributed by atoms with E-state index in [4.69, 9.17) is 9.47 Å². The van der Waals surface area contributed by atoms with Crippen LogP contribution in [0, 0.1) is 0 Å². The van der Waals surface area contributed by atoms with Crippen LogP contribution in [0.4, 0.5) is 0 Å². The Bertz CT molecular complexity index is 739. The quantitative estimate of drug-likeness (QED) is 0.108. The molecule has 0 aromatic heterocycles. The van der Waals surface area contributed by atoms with Gasteiger partial charge in [0.15, 0.2) is 0 Å². The summed E-state index contributed by atoms with van der Waals surface area (Å²) in [5.74, 6) is 1.04. The van der Waals surface area contributed by atoms with Gasteiger partial charge >= 0.3 is 5.97 Å². The third kappa shape index (κ3) is 13.6. The molecule has 4 heteroatoms. The predicted octanol–water partition coefficient (Wildman–Crippen LogP) is 9.85. The highest BCUT2D eigenvalue weighted by molar-refractivity contribution is 5.70. The Morgan fingerprint density at radius 3 is 1.72 bits per heavy atom. The van der Waals surface area contributed by atoms with Gasteiger partial charge in [0.2, 0.25) is 0 Å². The van der Waals surface area contributed by atoms with E-state index >= 15 is 0 Å². The van der Waals surface area contributed by atoms with Gasteiger partial charge in [-0.2, -0.15) is 0 Å². The number of likely N-dealkylation sites (N-methyl/N-ethyl adjacent to an activating group) is 1. The number of carbonyl (C=O) groups excluding carboxylic acids is 1. The number of rotatable bonds is 22. The summed E-state index contributed by atoms with van der Waals surface area (Å²) in [6, 6.07) is 8.38. The zero-order chi connectivity index (χ0) is 28.2. The molecule has 1 saturated carbocycles. The molecule has 1 atom stereocenters. The Kier molecular flexibility index (Phi) is 17.6. The Hall–Kier alpha value is -1.55. The molecule has 0 radical (unpaired) electrons.